The van der Waals surface area contributed by atoms with E-state index < -0.39 is 0 Å². The van der Waals surface area contributed by atoms with Gasteiger partial charge in [-0.3, -0.25) is 14.9 Å². The summed E-state index contributed by atoms with van der Waals surface area (Å²) in [5.41, 5.74) is 4.65. The van der Waals surface area contributed by atoms with Crippen LogP contribution in [0.25, 0.3) is 21.8 Å². The minimum Gasteiger partial charge on any atom is -0.506 e. The van der Waals surface area contributed by atoms with E-state index in [0.29, 0.717) is 24.1 Å². The van der Waals surface area contributed by atoms with Crippen LogP contribution in [0.5, 0.6) is 11.5 Å². The van der Waals surface area contributed by atoms with Crippen LogP contribution in [0.3, 0.4) is 0 Å². The van der Waals surface area contributed by atoms with Crippen molar-refractivity contribution in [2.75, 3.05) is 0 Å². The number of nitrogens with zero attached hydrogens (tertiary/aromatic N) is 3. The largest absolute Gasteiger partial charge is 0.506 e. The Morgan fingerprint density at radius 2 is 1.09 bits per heavy atom. The number of aromatic hydroxyl groups is 2. The van der Waals surface area contributed by atoms with Crippen LogP contribution in [0.2, 0.25) is 0 Å². The predicted molar refractivity (Wildman–Crippen MR) is 126 cm³/mol. The summed E-state index contributed by atoms with van der Waals surface area (Å²) < 4.78 is 0. The molecule has 0 aliphatic heterocycles. The van der Waals surface area contributed by atoms with Gasteiger partial charge in [-0.15, -0.1) is 0 Å². The quantitative estimate of drug-likeness (QED) is 0.384. The number of rotatable bonds is 6. The van der Waals surface area contributed by atoms with Crippen LogP contribution in [-0.2, 0) is 19.6 Å². The number of aromatic nitrogens is 2. The van der Waals surface area contributed by atoms with Crippen molar-refractivity contribution in [2.45, 2.75) is 19.6 Å². The Balaban J connectivity index is 1.54. The number of phenols is 2. The molecule has 0 aliphatic rings. The minimum atomic E-state index is 0.189. The number of fused-ring (bicyclic) bond motifs is 2. The Kier molecular flexibility index (Phi) is 5.40. The van der Waals surface area contributed by atoms with E-state index in [9.17, 15) is 10.2 Å². The summed E-state index contributed by atoms with van der Waals surface area (Å²) >= 11 is 0. The highest BCUT2D eigenvalue weighted by molar-refractivity contribution is 5.88. The third-order valence-corrected chi connectivity index (χ3v) is 5.71. The maximum absolute atomic E-state index is 10.2. The first-order valence-electron chi connectivity index (χ1n) is 10.6. The Bertz CT molecular complexity index is 1300. The topological polar surface area (TPSA) is 69.5 Å². The third-order valence-electron chi connectivity index (χ3n) is 5.71. The van der Waals surface area contributed by atoms with Crippen molar-refractivity contribution in [3.63, 3.8) is 0 Å². The van der Waals surface area contributed by atoms with E-state index in [-0.39, 0.29) is 11.5 Å². The van der Waals surface area contributed by atoms with Crippen molar-refractivity contribution < 1.29 is 10.2 Å². The molecule has 0 saturated heterocycles. The monoisotopic (exact) mass is 421 g/mol. The molecule has 0 spiro atoms. The van der Waals surface area contributed by atoms with E-state index >= 15 is 0 Å². The molecule has 0 aliphatic carbocycles. The first-order valence-corrected chi connectivity index (χ1v) is 10.6. The standard InChI is InChI=1S/C27H23N3O2/c31-24-12-10-20(22-8-4-14-28-26(22)24)17-30(16-19-6-2-1-3-7-19)18-21-11-13-25(32)27-23(21)9-5-15-29-27/h1-15,31-32H,16-18H2. The smallest absolute Gasteiger partial charge is 0.141 e. The van der Waals surface area contributed by atoms with Crippen LogP contribution in [0.1, 0.15) is 16.7 Å². The molecule has 0 atom stereocenters. The lowest BCUT2D eigenvalue weighted by Gasteiger charge is -2.24. The van der Waals surface area contributed by atoms with E-state index in [1.807, 2.05) is 54.6 Å². The fourth-order valence-corrected chi connectivity index (χ4v) is 4.20. The third kappa shape index (κ3) is 3.98. The fourth-order valence-electron chi connectivity index (χ4n) is 4.20. The number of pyridine rings is 2. The van der Waals surface area contributed by atoms with Gasteiger partial charge in [0.05, 0.1) is 0 Å². The van der Waals surface area contributed by atoms with E-state index in [1.165, 1.54) is 5.56 Å². The predicted octanol–water partition coefficient (Wildman–Crippen LogP) is 5.40. The lowest BCUT2D eigenvalue weighted by atomic mass is 10.0. The van der Waals surface area contributed by atoms with Gasteiger partial charge >= 0.3 is 0 Å². The molecule has 0 saturated carbocycles. The molecule has 2 N–H and O–H groups in total. The number of hydrogen-bond acceptors (Lipinski definition) is 5. The molecule has 5 aromatic rings. The number of hydrogen-bond donors (Lipinski definition) is 2. The molecule has 0 radical (unpaired) electrons. The van der Waals surface area contributed by atoms with Gasteiger partial charge in [-0.1, -0.05) is 54.6 Å². The summed E-state index contributed by atoms with van der Waals surface area (Å²) in [6, 6.07) is 25.5. The Labute approximate surface area is 186 Å². The van der Waals surface area contributed by atoms with Crippen molar-refractivity contribution in [1.82, 2.24) is 14.9 Å². The average Bonchev–Trinajstić information content (AvgIpc) is 2.84. The van der Waals surface area contributed by atoms with Crippen LogP contribution in [0.15, 0.2) is 91.3 Å². The summed E-state index contributed by atoms with van der Waals surface area (Å²) in [7, 11) is 0. The highest BCUT2D eigenvalue weighted by atomic mass is 16.3. The zero-order valence-electron chi connectivity index (χ0n) is 17.5. The van der Waals surface area contributed by atoms with Crippen LogP contribution in [0, 0.1) is 0 Å². The first-order chi connectivity index (χ1) is 15.7. The summed E-state index contributed by atoms with van der Waals surface area (Å²) in [6.45, 7) is 2.12. The molecular formula is C27H23N3O2. The Hall–Kier alpha value is -3.96. The van der Waals surface area contributed by atoms with Crippen LogP contribution in [0.4, 0.5) is 0 Å². The molecule has 2 aromatic heterocycles. The molecule has 0 bridgehead atoms. The van der Waals surface area contributed by atoms with E-state index in [2.05, 4.69) is 27.0 Å². The lowest BCUT2D eigenvalue weighted by molar-refractivity contribution is 0.249. The van der Waals surface area contributed by atoms with Crippen molar-refractivity contribution in [3.8, 4) is 11.5 Å². The van der Waals surface area contributed by atoms with E-state index in [4.69, 9.17) is 0 Å². The van der Waals surface area contributed by atoms with Gasteiger partial charge in [0, 0.05) is 42.8 Å². The van der Waals surface area contributed by atoms with Gasteiger partial charge in [-0.25, -0.2) is 0 Å². The molecule has 2 heterocycles. The van der Waals surface area contributed by atoms with Crippen LogP contribution in [-0.4, -0.2) is 25.1 Å². The normalized spacial score (nSPS) is 11.4. The average molecular weight is 422 g/mol. The maximum Gasteiger partial charge on any atom is 0.141 e. The van der Waals surface area contributed by atoms with Crippen molar-refractivity contribution >= 4 is 21.8 Å². The summed E-state index contributed by atoms with van der Waals surface area (Å²) in [4.78, 5) is 11.1. The second-order valence-corrected chi connectivity index (χ2v) is 7.92. The second-order valence-electron chi connectivity index (χ2n) is 7.92. The van der Waals surface area contributed by atoms with Crippen molar-refractivity contribution in [1.29, 1.82) is 0 Å². The Morgan fingerprint density at radius 1 is 0.562 bits per heavy atom. The van der Waals surface area contributed by atoms with Gasteiger partial charge in [0.15, 0.2) is 0 Å². The van der Waals surface area contributed by atoms with Gasteiger partial charge in [-0.2, -0.15) is 0 Å². The van der Waals surface area contributed by atoms with Gasteiger partial charge in [-0.05, 0) is 41.0 Å². The highest BCUT2D eigenvalue weighted by Gasteiger charge is 2.15. The molecule has 3 aromatic carbocycles. The number of phenolic OH excluding ortho intramolecular Hbond substituents is 2. The summed E-state index contributed by atoms with van der Waals surface area (Å²) in [5.74, 6) is 0.379. The molecule has 5 heteroatoms. The number of benzene rings is 3. The summed E-state index contributed by atoms with van der Waals surface area (Å²) in [6.07, 6.45) is 3.40. The van der Waals surface area contributed by atoms with Crippen LogP contribution >= 0.6 is 0 Å². The Morgan fingerprint density at radius 3 is 1.62 bits per heavy atom. The molecule has 32 heavy (non-hydrogen) atoms. The molecule has 0 amide bonds. The van der Waals surface area contributed by atoms with E-state index in [0.717, 1.165) is 28.4 Å². The SMILES string of the molecule is Oc1ccc(CN(Cc2ccccc2)Cc2ccc(O)c3ncccc23)c2cccnc12. The van der Waals surface area contributed by atoms with Gasteiger partial charge in [0.2, 0.25) is 0 Å². The van der Waals surface area contributed by atoms with Crippen LogP contribution < -0.4 is 0 Å². The van der Waals surface area contributed by atoms with E-state index in [1.54, 1.807) is 24.5 Å². The highest BCUT2D eigenvalue weighted by Crippen LogP contribution is 2.29. The van der Waals surface area contributed by atoms with Crippen molar-refractivity contribution in [3.05, 3.63) is 108 Å². The molecule has 0 fully saturated rings. The van der Waals surface area contributed by atoms with Gasteiger partial charge in [0.25, 0.3) is 0 Å². The minimum absolute atomic E-state index is 0.189. The zero-order chi connectivity index (χ0) is 21.9. The maximum atomic E-state index is 10.2. The van der Waals surface area contributed by atoms with Crippen molar-refractivity contribution in [2.24, 2.45) is 0 Å². The molecular weight excluding hydrogens is 398 g/mol. The zero-order valence-corrected chi connectivity index (χ0v) is 17.5. The summed E-state index contributed by atoms with van der Waals surface area (Å²) in [5, 5.41) is 22.4. The fraction of sp³-hybridized carbons (Fsp3) is 0.111. The molecule has 5 rings (SSSR count). The van der Waals surface area contributed by atoms with Gasteiger partial charge in [0.1, 0.15) is 22.5 Å². The second kappa shape index (κ2) is 8.65. The molecule has 158 valence electrons. The molecule has 5 nitrogen and oxygen atoms in total. The lowest BCUT2D eigenvalue weighted by Crippen LogP contribution is -2.22. The van der Waals surface area contributed by atoms with Gasteiger partial charge < -0.3 is 10.2 Å². The molecule has 0 unspecified atom stereocenters. The first kappa shape index (κ1) is 20.0.